The molecule has 1 aromatic carbocycles. The van der Waals surface area contributed by atoms with Crippen molar-refractivity contribution in [3.05, 3.63) is 66.4 Å². The number of aromatic hydroxyl groups is 1. The van der Waals surface area contributed by atoms with Crippen LogP contribution in [-0.2, 0) is 0 Å². The number of hydrogen-bond donors (Lipinski definition) is 2. The van der Waals surface area contributed by atoms with Crippen LogP contribution in [0.3, 0.4) is 0 Å². The van der Waals surface area contributed by atoms with Crippen LogP contribution in [0.4, 0.5) is 0 Å². The largest absolute Gasteiger partial charge is 0.494 e. The number of nitrogens with zero attached hydrogens (tertiary/aromatic N) is 3. The van der Waals surface area contributed by atoms with E-state index in [1.165, 1.54) is 16.8 Å². The highest BCUT2D eigenvalue weighted by Crippen LogP contribution is 2.29. The molecule has 0 bridgehead atoms. The molecule has 0 saturated heterocycles. The Labute approximate surface area is 148 Å². The molecule has 9 heteroatoms. The average Bonchev–Trinajstić information content (AvgIpc) is 2.90. The number of benzene rings is 1. The normalized spacial score (nSPS) is 15.2. The molecule has 1 aliphatic rings. The molecule has 0 spiro atoms. The minimum absolute atomic E-state index is 0.0229. The molecule has 0 unspecified atom stereocenters. The number of nitrogens with one attached hydrogen (secondary N) is 1. The van der Waals surface area contributed by atoms with Crippen LogP contribution in [0.1, 0.15) is 5.56 Å². The highest BCUT2D eigenvalue weighted by atomic mass is 79.9. The second kappa shape index (κ2) is 6.23. The first-order valence-electron chi connectivity index (χ1n) is 6.30. The van der Waals surface area contributed by atoms with Crippen molar-refractivity contribution in [3.63, 3.8) is 0 Å². The molecule has 1 aliphatic heterocycles. The summed E-state index contributed by atoms with van der Waals surface area (Å²) < 4.78 is 2.01. The van der Waals surface area contributed by atoms with Gasteiger partial charge in [0, 0.05) is 5.02 Å². The second-order valence-electron chi connectivity index (χ2n) is 4.53. The Kier molecular flexibility index (Phi) is 4.29. The fraction of sp³-hybridized carbons (Fsp3) is 0. The van der Waals surface area contributed by atoms with Gasteiger partial charge in [0.2, 0.25) is 5.88 Å². The molecule has 0 atom stereocenters. The summed E-state index contributed by atoms with van der Waals surface area (Å²) in [6, 6.07) is 6.67. The van der Waals surface area contributed by atoms with Crippen molar-refractivity contribution in [2.45, 2.75) is 0 Å². The summed E-state index contributed by atoms with van der Waals surface area (Å²) in [5.74, 6) is -0.295. The molecule has 3 rings (SSSR count). The van der Waals surface area contributed by atoms with Gasteiger partial charge in [-0.25, -0.2) is 0 Å². The third kappa shape index (κ3) is 3.05. The molecular weight excluding hydrogens is 404 g/mol. The third-order valence-electron chi connectivity index (χ3n) is 3.07. The standard InChI is InChI=1S/C14H8BrClN4O2S/c15-10-6-17-19-11(10)5-9-12(21)18-14(23)20(13(9)22)8-3-1-7(16)2-4-8/h1-6,22H,(H,18,21,23). The van der Waals surface area contributed by atoms with Crippen molar-refractivity contribution in [1.82, 2.24) is 9.55 Å². The molecule has 0 saturated carbocycles. The van der Waals surface area contributed by atoms with Crippen molar-refractivity contribution >= 4 is 45.8 Å². The van der Waals surface area contributed by atoms with E-state index in [0.717, 1.165) is 0 Å². The summed E-state index contributed by atoms with van der Waals surface area (Å²) in [6.07, 6.45) is 2.91. The van der Waals surface area contributed by atoms with E-state index in [1.54, 1.807) is 24.3 Å². The summed E-state index contributed by atoms with van der Waals surface area (Å²) in [4.78, 5) is 14.7. The first-order chi connectivity index (χ1) is 11.0. The lowest BCUT2D eigenvalue weighted by Crippen LogP contribution is -2.16. The molecule has 1 aromatic heterocycles. The Hall–Kier alpha value is -2.03. The number of aromatic nitrogens is 2. The van der Waals surface area contributed by atoms with Gasteiger partial charge in [-0.3, -0.25) is 14.3 Å². The lowest BCUT2D eigenvalue weighted by Gasteiger charge is -2.11. The number of hydrogen-bond acceptors (Lipinski definition) is 5. The van der Waals surface area contributed by atoms with E-state index in [2.05, 4.69) is 31.1 Å². The van der Waals surface area contributed by atoms with E-state index < -0.39 is 5.56 Å². The molecule has 0 fully saturated rings. The predicted octanol–water partition coefficient (Wildman–Crippen LogP) is 4.30. The number of allylic oxidation sites excluding steroid dienone is 1. The van der Waals surface area contributed by atoms with E-state index >= 15 is 0 Å². The zero-order chi connectivity index (χ0) is 16.6. The van der Waals surface area contributed by atoms with Gasteiger partial charge in [0.15, 0.2) is 4.77 Å². The molecule has 2 N–H and O–H groups in total. The van der Waals surface area contributed by atoms with Crippen LogP contribution in [0.2, 0.25) is 5.02 Å². The summed E-state index contributed by atoms with van der Waals surface area (Å²) in [6.45, 7) is 0. The van der Waals surface area contributed by atoms with E-state index in [-0.39, 0.29) is 16.2 Å². The number of azo groups is 1. The van der Waals surface area contributed by atoms with Crippen LogP contribution in [0.25, 0.3) is 11.8 Å². The molecule has 0 radical (unpaired) electrons. The van der Waals surface area contributed by atoms with Gasteiger partial charge in [0.25, 0.3) is 5.56 Å². The van der Waals surface area contributed by atoms with Gasteiger partial charge in [0.1, 0.15) is 11.3 Å². The van der Waals surface area contributed by atoms with Crippen LogP contribution in [0.15, 0.2) is 55.7 Å². The zero-order valence-electron chi connectivity index (χ0n) is 11.3. The van der Waals surface area contributed by atoms with E-state index in [0.29, 0.717) is 20.9 Å². The van der Waals surface area contributed by atoms with Crippen molar-refractivity contribution in [1.29, 1.82) is 0 Å². The lowest BCUT2D eigenvalue weighted by atomic mass is 10.2. The van der Waals surface area contributed by atoms with Crippen LogP contribution in [0.5, 0.6) is 5.88 Å². The first-order valence-corrected chi connectivity index (χ1v) is 7.88. The Balaban J connectivity index is 2.23. The zero-order valence-corrected chi connectivity index (χ0v) is 14.5. The Bertz CT molecular complexity index is 989. The Morgan fingerprint density at radius 1 is 1.35 bits per heavy atom. The minimum Gasteiger partial charge on any atom is -0.494 e. The van der Waals surface area contributed by atoms with E-state index in [1.807, 2.05) is 0 Å². The van der Waals surface area contributed by atoms with Gasteiger partial charge >= 0.3 is 0 Å². The van der Waals surface area contributed by atoms with Gasteiger partial charge in [-0.1, -0.05) is 11.6 Å². The first kappa shape index (κ1) is 15.9. The number of aromatic amines is 1. The van der Waals surface area contributed by atoms with Crippen LogP contribution in [-0.4, -0.2) is 14.7 Å². The van der Waals surface area contributed by atoms with Crippen molar-refractivity contribution in [2.24, 2.45) is 10.2 Å². The number of rotatable bonds is 2. The molecular formula is C14H8BrClN4O2S. The summed E-state index contributed by atoms with van der Waals surface area (Å²) in [5.41, 5.74) is 0.489. The van der Waals surface area contributed by atoms with Gasteiger partial charge in [-0.15, -0.1) is 5.11 Å². The van der Waals surface area contributed by atoms with Gasteiger partial charge in [-0.05, 0) is 58.5 Å². The van der Waals surface area contributed by atoms with Crippen LogP contribution < -0.4 is 5.56 Å². The molecule has 2 heterocycles. The van der Waals surface area contributed by atoms with Gasteiger partial charge in [-0.2, -0.15) is 5.11 Å². The number of H-pyrrole nitrogens is 1. The Morgan fingerprint density at radius 2 is 2.04 bits per heavy atom. The monoisotopic (exact) mass is 410 g/mol. The topological polar surface area (TPSA) is 82.7 Å². The van der Waals surface area contributed by atoms with Crippen molar-refractivity contribution < 1.29 is 5.11 Å². The van der Waals surface area contributed by atoms with Gasteiger partial charge < -0.3 is 5.11 Å². The second-order valence-corrected chi connectivity index (χ2v) is 6.21. The maximum Gasteiger partial charge on any atom is 0.262 e. The highest BCUT2D eigenvalue weighted by Gasteiger charge is 2.15. The maximum atomic E-state index is 12.1. The predicted molar refractivity (Wildman–Crippen MR) is 93.7 cm³/mol. The molecule has 116 valence electrons. The SMILES string of the molecule is O=c1[nH]c(=S)n(-c2ccc(Cl)cc2)c(O)c1C=C1N=NC=C1Br. The highest BCUT2D eigenvalue weighted by molar-refractivity contribution is 9.12. The smallest absolute Gasteiger partial charge is 0.262 e. The molecule has 0 amide bonds. The van der Waals surface area contributed by atoms with Crippen molar-refractivity contribution in [3.8, 4) is 11.6 Å². The van der Waals surface area contributed by atoms with Crippen molar-refractivity contribution in [2.75, 3.05) is 0 Å². The summed E-state index contributed by atoms with van der Waals surface area (Å²) >= 11 is 14.3. The molecule has 0 aliphatic carbocycles. The summed E-state index contributed by atoms with van der Waals surface area (Å²) in [7, 11) is 0. The quantitative estimate of drug-likeness (QED) is 0.723. The van der Waals surface area contributed by atoms with E-state index in [9.17, 15) is 9.90 Å². The fourth-order valence-corrected chi connectivity index (χ4v) is 2.68. The third-order valence-corrected chi connectivity index (χ3v) is 4.22. The maximum absolute atomic E-state index is 12.1. The molecule has 6 nitrogen and oxygen atoms in total. The van der Waals surface area contributed by atoms with Gasteiger partial charge in [0.05, 0.1) is 16.4 Å². The fourth-order valence-electron chi connectivity index (χ4n) is 1.99. The Morgan fingerprint density at radius 3 is 2.65 bits per heavy atom. The van der Waals surface area contributed by atoms with Crippen LogP contribution in [0, 0.1) is 4.77 Å². The van der Waals surface area contributed by atoms with Crippen LogP contribution >= 0.6 is 39.7 Å². The van der Waals surface area contributed by atoms with E-state index in [4.69, 9.17) is 23.8 Å². The molecule has 2 aromatic rings. The average molecular weight is 412 g/mol. The summed E-state index contributed by atoms with van der Waals surface area (Å²) in [5, 5.41) is 18.6. The number of halogens is 2. The minimum atomic E-state index is -0.521. The lowest BCUT2D eigenvalue weighted by molar-refractivity contribution is 0.432. The molecule has 23 heavy (non-hydrogen) atoms.